The molecule has 1 aromatic heterocycles. The van der Waals surface area contributed by atoms with Gasteiger partial charge in [0.15, 0.2) is 0 Å². The average Bonchev–Trinajstić information content (AvgIpc) is 3.25. The molecule has 0 bridgehead atoms. The Morgan fingerprint density at radius 1 is 1.31 bits per heavy atom. The van der Waals surface area contributed by atoms with E-state index in [1.165, 1.54) is 12.8 Å². The van der Waals surface area contributed by atoms with Gasteiger partial charge in [0.25, 0.3) is 0 Å². The Hall–Kier alpha value is -1.98. The highest BCUT2D eigenvalue weighted by atomic mass is 16.6. The summed E-state index contributed by atoms with van der Waals surface area (Å²) >= 11 is 0. The van der Waals surface area contributed by atoms with E-state index in [1.807, 2.05) is 33.0 Å². The topological polar surface area (TPSA) is 54.9 Å². The molecule has 0 unspecified atom stereocenters. The summed E-state index contributed by atoms with van der Waals surface area (Å²) in [7, 11) is 2.10. The molecule has 1 aromatic rings. The molecule has 0 spiro atoms. The predicted molar refractivity (Wildman–Crippen MR) is 102 cm³/mol. The molecule has 144 valence electrons. The second-order valence-corrected chi connectivity index (χ2v) is 8.48. The van der Waals surface area contributed by atoms with Gasteiger partial charge in [0.05, 0.1) is 24.1 Å². The van der Waals surface area contributed by atoms with Gasteiger partial charge in [-0.3, -0.25) is 4.98 Å². The van der Waals surface area contributed by atoms with Gasteiger partial charge >= 0.3 is 6.09 Å². The first-order valence-corrected chi connectivity index (χ1v) is 9.60. The third-order valence-corrected chi connectivity index (χ3v) is 4.82. The number of rotatable bonds is 6. The zero-order chi connectivity index (χ0) is 18.7. The van der Waals surface area contributed by atoms with Crippen molar-refractivity contribution >= 4 is 11.8 Å². The Kier molecular flexibility index (Phi) is 5.58. The van der Waals surface area contributed by atoms with Gasteiger partial charge in [-0.15, -0.1) is 0 Å². The van der Waals surface area contributed by atoms with Crippen molar-refractivity contribution in [3.8, 4) is 5.75 Å². The van der Waals surface area contributed by atoms with Crippen LogP contribution in [0.5, 0.6) is 5.75 Å². The van der Waals surface area contributed by atoms with Crippen LogP contribution in [0.15, 0.2) is 18.5 Å². The zero-order valence-corrected chi connectivity index (χ0v) is 16.4. The Bertz CT molecular complexity index is 625. The van der Waals surface area contributed by atoms with Crippen molar-refractivity contribution in [3.63, 3.8) is 0 Å². The monoisotopic (exact) mass is 361 g/mol. The lowest BCUT2D eigenvalue weighted by atomic mass is 10.2. The third-order valence-electron chi connectivity index (χ3n) is 4.82. The summed E-state index contributed by atoms with van der Waals surface area (Å²) < 4.78 is 11.5. The fraction of sp³-hybridized carbons (Fsp3) is 0.700. The van der Waals surface area contributed by atoms with Crippen LogP contribution in [0.1, 0.15) is 46.5 Å². The van der Waals surface area contributed by atoms with Crippen molar-refractivity contribution < 1.29 is 14.3 Å². The minimum Gasteiger partial charge on any atom is -0.490 e. The van der Waals surface area contributed by atoms with Crippen LogP contribution in [-0.4, -0.2) is 54.4 Å². The van der Waals surface area contributed by atoms with E-state index in [0.717, 1.165) is 43.3 Å². The van der Waals surface area contributed by atoms with Gasteiger partial charge in [-0.1, -0.05) is 0 Å². The lowest BCUT2D eigenvalue weighted by Crippen LogP contribution is -2.42. The molecule has 1 saturated carbocycles. The van der Waals surface area contributed by atoms with Crippen LogP contribution < -0.4 is 9.64 Å². The molecular weight excluding hydrogens is 330 g/mol. The Balaban J connectivity index is 1.55. The number of anilines is 1. The van der Waals surface area contributed by atoms with E-state index < -0.39 is 5.60 Å². The number of ether oxygens (including phenoxy) is 2. The van der Waals surface area contributed by atoms with Crippen molar-refractivity contribution in [1.82, 2.24) is 9.88 Å². The minimum atomic E-state index is -0.477. The molecule has 1 aliphatic heterocycles. The molecule has 1 saturated heterocycles. The number of carbonyl (C=O) groups is 1. The van der Waals surface area contributed by atoms with Crippen molar-refractivity contribution in [2.24, 2.45) is 5.92 Å². The molecular formula is C20H31N3O3. The molecule has 6 heteroatoms. The summed E-state index contributed by atoms with van der Waals surface area (Å²) in [4.78, 5) is 20.7. The van der Waals surface area contributed by atoms with Crippen LogP contribution >= 0.6 is 0 Å². The number of likely N-dealkylation sites (tertiary alicyclic amines) is 1. The van der Waals surface area contributed by atoms with Gasteiger partial charge in [-0.25, -0.2) is 4.79 Å². The highest BCUT2D eigenvalue weighted by molar-refractivity contribution is 5.69. The molecule has 3 rings (SSSR count). The highest BCUT2D eigenvalue weighted by Crippen LogP contribution is 2.31. The van der Waals surface area contributed by atoms with Crippen molar-refractivity contribution in [1.29, 1.82) is 0 Å². The molecule has 0 N–H and O–H groups in total. The number of nitrogens with zero attached hydrogens (tertiary/aromatic N) is 3. The fourth-order valence-electron chi connectivity index (χ4n) is 3.25. The predicted octanol–water partition coefficient (Wildman–Crippen LogP) is 3.71. The lowest BCUT2D eigenvalue weighted by Gasteiger charge is -2.28. The first kappa shape index (κ1) is 18.8. The van der Waals surface area contributed by atoms with Crippen LogP contribution in [-0.2, 0) is 4.74 Å². The third kappa shape index (κ3) is 5.26. The number of carbonyl (C=O) groups excluding carboxylic acids is 1. The number of pyridine rings is 1. The lowest BCUT2D eigenvalue weighted by molar-refractivity contribution is 0.0187. The highest BCUT2D eigenvalue weighted by Gasteiger charge is 2.32. The van der Waals surface area contributed by atoms with E-state index in [2.05, 4.69) is 16.9 Å². The van der Waals surface area contributed by atoms with Crippen LogP contribution in [0, 0.1) is 5.92 Å². The number of amides is 1. The number of aromatic nitrogens is 1. The van der Waals surface area contributed by atoms with E-state index in [0.29, 0.717) is 6.61 Å². The second kappa shape index (κ2) is 7.72. The second-order valence-electron chi connectivity index (χ2n) is 8.48. The largest absolute Gasteiger partial charge is 0.490 e. The van der Waals surface area contributed by atoms with Gasteiger partial charge in [-0.2, -0.15) is 0 Å². The van der Waals surface area contributed by atoms with Gasteiger partial charge in [0, 0.05) is 26.2 Å². The first-order chi connectivity index (χ1) is 12.3. The molecule has 0 aromatic carbocycles. The van der Waals surface area contributed by atoms with Crippen molar-refractivity contribution in [3.05, 3.63) is 18.5 Å². The summed E-state index contributed by atoms with van der Waals surface area (Å²) in [6.45, 7) is 7.94. The van der Waals surface area contributed by atoms with Gasteiger partial charge in [0.2, 0.25) is 0 Å². The first-order valence-electron chi connectivity index (χ1n) is 9.60. The molecule has 1 aliphatic carbocycles. The number of hydrogen-bond donors (Lipinski definition) is 0. The summed E-state index contributed by atoms with van der Waals surface area (Å²) in [6, 6.07) is 2.08. The smallest absolute Gasteiger partial charge is 0.410 e. The van der Waals surface area contributed by atoms with E-state index in [1.54, 1.807) is 11.1 Å². The molecule has 6 nitrogen and oxygen atoms in total. The Labute approximate surface area is 156 Å². The maximum absolute atomic E-state index is 12.4. The normalized spacial score (nSPS) is 20.2. The number of hydrogen-bond acceptors (Lipinski definition) is 5. The molecule has 1 amide bonds. The molecule has 26 heavy (non-hydrogen) atoms. The summed E-state index contributed by atoms with van der Waals surface area (Å²) in [6.07, 6.45) is 7.94. The zero-order valence-electron chi connectivity index (χ0n) is 16.4. The van der Waals surface area contributed by atoms with E-state index in [-0.39, 0.29) is 12.1 Å². The molecule has 0 radical (unpaired) electrons. The summed E-state index contributed by atoms with van der Waals surface area (Å²) in [5, 5.41) is 0. The minimum absolute atomic E-state index is 0.0534. The van der Waals surface area contributed by atoms with E-state index >= 15 is 0 Å². The maximum Gasteiger partial charge on any atom is 0.410 e. The maximum atomic E-state index is 12.4. The van der Waals surface area contributed by atoms with Gasteiger partial charge < -0.3 is 19.3 Å². The van der Waals surface area contributed by atoms with Crippen molar-refractivity contribution in [2.45, 2.75) is 58.1 Å². The molecule has 2 heterocycles. The standard InChI is InChI=1S/C20H31N3O3/c1-20(2,3)26-19(24)23-9-5-6-16(23)14-25-18-10-17(11-21-12-18)22(4)13-15-7-8-15/h10-12,15-16H,5-9,13-14H2,1-4H3/t16-/m0/s1. The fourth-order valence-corrected chi connectivity index (χ4v) is 3.25. The molecule has 2 fully saturated rings. The average molecular weight is 361 g/mol. The summed E-state index contributed by atoms with van der Waals surface area (Å²) in [5.41, 5.74) is 0.597. The van der Waals surface area contributed by atoms with Crippen LogP contribution in [0.25, 0.3) is 0 Å². The van der Waals surface area contributed by atoms with E-state index in [4.69, 9.17) is 9.47 Å². The summed E-state index contributed by atoms with van der Waals surface area (Å²) in [5.74, 6) is 1.58. The Morgan fingerprint density at radius 3 is 2.77 bits per heavy atom. The van der Waals surface area contributed by atoms with Gasteiger partial charge in [-0.05, 0) is 52.4 Å². The van der Waals surface area contributed by atoms with Crippen molar-refractivity contribution in [2.75, 3.05) is 31.6 Å². The quantitative estimate of drug-likeness (QED) is 0.773. The van der Waals surface area contributed by atoms with Crippen LogP contribution in [0.3, 0.4) is 0 Å². The Morgan fingerprint density at radius 2 is 2.08 bits per heavy atom. The van der Waals surface area contributed by atoms with Gasteiger partial charge in [0.1, 0.15) is 18.0 Å². The SMILES string of the molecule is CN(CC1CC1)c1cncc(OC[C@@H]2CCCN2C(=O)OC(C)(C)C)c1. The molecule has 2 aliphatic rings. The van der Waals surface area contributed by atoms with E-state index in [9.17, 15) is 4.79 Å². The van der Waals surface area contributed by atoms with Crippen LogP contribution in [0.2, 0.25) is 0 Å². The van der Waals surface area contributed by atoms with Crippen LogP contribution in [0.4, 0.5) is 10.5 Å². The molecule has 1 atom stereocenters.